The van der Waals surface area contributed by atoms with Gasteiger partial charge in [-0.15, -0.1) is 0 Å². The van der Waals surface area contributed by atoms with Crippen LogP contribution < -0.4 is 10.1 Å². The van der Waals surface area contributed by atoms with Gasteiger partial charge in [0.15, 0.2) is 23.4 Å². The third kappa shape index (κ3) is 4.85. The molecule has 2 amide bonds. The molecule has 1 fully saturated rings. The Morgan fingerprint density at radius 3 is 2.85 bits per heavy atom. The fraction of sp³-hybridized carbons (Fsp3) is 0.429. The van der Waals surface area contributed by atoms with Gasteiger partial charge >= 0.3 is 6.09 Å². The topological polar surface area (TPSA) is 155 Å². The molecule has 0 aliphatic carbocycles. The number of fused-ring (bicyclic) bond motifs is 1. The summed E-state index contributed by atoms with van der Waals surface area (Å²) in [5, 5.41) is 19.6. The first kappa shape index (κ1) is 22.4. The minimum absolute atomic E-state index is 0.0256. The second kappa shape index (κ2) is 8.62. The van der Waals surface area contributed by atoms with Gasteiger partial charge in [0.25, 0.3) is 5.91 Å². The molecule has 176 valence electrons. The Hall–Kier alpha value is -3.80. The van der Waals surface area contributed by atoms with E-state index in [1.54, 1.807) is 26.8 Å². The number of aromatic hydroxyl groups is 1. The predicted molar refractivity (Wildman–Crippen MR) is 118 cm³/mol. The lowest BCUT2D eigenvalue weighted by molar-refractivity contribution is -0.132. The number of carbonyl (C=O) groups is 2. The number of phenols is 1. The maximum Gasteiger partial charge on any atom is 0.410 e. The van der Waals surface area contributed by atoms with Gasteiger partial charge in [0.2, 0.25) is 0 Å². The summed E-state index contributed by atoms with van der Waals surface area (Å²) in [6.07, 6.45) is 0.0897. The Labute approximate surface area is 189 Å². The summed E-state index contributed by atoms with van der Waals surface area (Å²) in [5.41, 5.74) is 1.34. The van der Waals surface area contributed by atoms with Crippen LogP contribution in [-0.2, 0) is 14.3 Å². The van der Waals surface area contributed by atoms with Crippen molar-refractivity contribution in [3.8, 4) is 23.0 Å². The highest BCUT2D eigenvalue weighted by Gasteiger charge is 2.32. The van der Waals surface area contributed by atoms with E-state index in [0.717, 1.165) is 0 Å². The van der Waals surface area contributed by atoms with E-state index in [9.17, 15) is 14.7 Å². The second-order valence-corrected chi connectivity index (χ2v) is 8.56. The highest BCUT2D eigenvalue weighted by molar-refractivity contribution is 5.97. The maximum atomic E-state index is 12.9. The number of hydrogen-bond donors (Lipinski definition) is 4. The maximum absolute atomic E-state index is 12.9. The summed E-state index contributed by atoms with van der Waals surface area (Å²) in [6, 6.07) is 3.10. The van der Waals surface area contributed by atoms with Crippen molar-refractivity contribution in [1.29, 1.82) is 0 Å². The Morgan fingerprint density at radius 2 is 2.12 bits per heavy atom. The largest absolute Gasteiger partial charge is 0.504 e. The van der Waals surface area contributed by atoms with Crippen LogP contribution in [0.5, 0.6) is 11.5 Å². The van der Waals surface area contributed by atoms with Crippen LogP contribution in [0.2, 0.25) is 0 Å². The summed E-state index contributed by atoms with van der Waals surface area (Å²) in [5.74, 6) is 0.247. The molecule has 33 heavy (non-hydrogen) atoms. The zero-order valence-electron chi connectivity index (χ0n) is 18.8. The minimum atomic E-state index is -0.870. The van der Waals surface area contributed by atoms with E-state index in [2.05, 4.69) is 25.5 Å². The van der Waals surface area contributed by atoms with Gasteiger partial charge < -0.3 is 34.5 Å². The van der Waals surface area contributed by atoms with Crippen molar-refractivity contribution in [2.75, 3.05) is 32.1 Å². The van der Waals surface area contributed by atoms with Gasteiger partial charge in [-0.2, -0.15) is 5.10 Å². The third-order valence-electron chi connectivity index (χ3n) is 4.93. The van der Waals surface area contributed by atoms with Crippen LogP contribution in [0.15, 0.2) is 18.3 Å². The number of nitrogens with zero attached hydrogens (tertiary/aromatic N) is 3. The molecule has 0 bridgehead atoms. The summed E-state index contributed by atoms with van der Waals surface area (Å²) in [7, 11) is 1.45. The van der Waals surface area contributed by atoms with E-state index in [1.165, 1.54) is 24.3 Å². The number of anilines is 1. The molecule has 1 aliphatic rings. The van der Waals surface area contributed by atoms with Crippen LogP contribution in [0.25, 0.3) is 22.6 Å². The van der Waals surface area contributed by atoms with Gasteiger partial charge in [-0.25, -0.2) is 9.78 Å². The average Bonchev–Trinajstić information content (AvgIpc) is 3.38. The lowest BCUT2D eigenvalue weighted by atomic mass is 10.2. The molecule has 1 saturated heterocycles. The van der Waals surface area contributed by atoms with Gasteiger partial charge in [-0.3, -0.25) is 9.89 Å². The molecule has 4 N–H and O–H groups in total. The van der Waals surface area contributed by atoms with Crippen molar-refractivity contribution in [1.82, 2.24) is 25.1 Å². The van der Waals surface area contributed by atoms with Gasteiger partial charge in [-0.1, -0.05) is 0 Å². The van der Waals surface area contributed by atoms with Crippen molar-refractivity contribution in [2.45, 2.75) is 32.5 Å². The first-order valence-corrected chi connectivity index (χ1v) is 10.4. The standard InChI is InChI=1S/C21H26N6O6/c1-21(2,3)33-20(30)27-5-6-32-16(10-27)19(29)25-13-9-22-26-17(13)18-23-11-7-14(28)15(31-4)8-12(11)24-18/h7-9,16,28H,5-6,10H2,1-4H3,(H,22,26)(H,23,24)(H,25,29). The lowest BCUT2D eigenvalue weighted by Gasteiger charge is -2.33. The monoisotopic (exact) mass is 458 g/mol. The van der Waals surface area contributed by atoms with Crippen LogP contribution in [0.1, 0.15) is 20.8 Å². The molecule has 1 unspecified atom stereocenters. The zero-order valence-corrected chi connectivity index (χ0v) is 18.8. The molecule has 12 heteroatoms. The molecule has 2 aromatic heterocycles. The smallest absolute Gasteiger partial charge is 0.410 e. The zero-order chi connectivity index (χ0) is 23.8. The van der Waals surface area contributed by atoms with Gasteiger partial charge in [0.1, 0.15) is 11.3 Å². The number of rotatable bonds is 4. The van der Waals surface area contributed by atoms with Crippen molar-refractivity contribution in [2.24, 2.45) is 0 Å². The first-order chi connectivity index (χ1) is 15.6. The van der Waals surface area contributed by atoms with Gasteiger partial charge in [0.05, 0.1) is 43.2 Å². The Kier molecular flexibility index (Phi) is 5.85. The molecule has 0 radical (unpaired) electrons. The molecule has 3 aromatic rings. The Bertz CT molecular complexity index is 1180. The van der Waals surface area contributed by atoms with Crippen molar-refractivity contribution in [3.63, 3.8) is 0 Å². The molecule has 1 atom stereocenters. The molecular formula is C21H26N6O6. The number of H-pyrrole nitrogens is 2. The van der Waals surface area contributed by atoms with E-state index < -0.39 is 23.7 Å². The number of aromatic nitrogens is 4. The number of morpholine rings is 1. The van der Waals surface area contributed by atoms with Crippen LogP contribution in [-0.4, -0.2) is 80.7 Å². The van der Waals surface area contributed by atoms with Crippen LogP contribution in [0.3, 0.4) is 0 Å². The second-order valence-electron chi connectivity index (χ2n) is 8.56. The fourth-order valence-corrected chi connectivity index (χ4v) is 3.38. The van der Waals surface area contributed by atoms with Crippen molar-refractivity contribution < 1.29 is 28.9 Å². The number of methoxy groups -OCH3 is 1. The van der Waals surface area contributed by atoms with E-state index in [4.69, 9.17) is 14.2 Å². The lowest BCUT2D eigenvalue weighted by Crippen LogP contribution is -2.51. The Balaban J connectivity index is 1.49. The highest BCUT2D eigenvalue weighted by atomic mass is 16.6. The molecule has 0 saturated carbocycles. The van der Waals surface area contributed by atoms with Crippen LogP contribution >= 0.6 is 0 Å². The molecule has 3 heterocycles. The summed E-state index contributed by atoms with van der Waals surface area (Å²) < 4.78 is 16.1. The van der Waals surface area contributed by atoms with E-state index in [1.807, 2.05) is 0 Å². The molecular weight excluding hydrogens is 432 g/mol. The number of imidazole rings is 1. The highest BCUT2D eigenvalue weighted by Crippen LogP contribution is 2.32. The van der Waals surface area contributed by atoms with E-state index in [0.29, 0.717) is 40.5 Å². The van der Waals surface area contributed by atoms with E-state index in [-0.39, 0.29) is 18.9 Å². The molecule has 1 aromatic carbocycles. The number of carbonyl (C=O) groups excluding carboxylic acids is 2. The number of nitrogens with one attached hydrogen (secondary N) is 3. The molecule has 1 aliphatic heterocycles. The van der Waals surface area contributed by atoms with E-state index >= 15 is 0 Å². The number of amides is 2. The first-order valence-electron chi connectivity index (χ1n) is 10.4. The van der Waals surface area contributed by atoms with Gasteiger partial charge in [0, 0.05) is 18.7 Å². The number of phenolic OH excluding ortho intramolecular Hbond substituents is 1. The average molecular weight is 458 g/mol. The van der Waals surface area contributed by atoms with Crippen molar-refractivity contribution in [3.05, 3.63) is 18.3 Å². The Morgan fingerprint density at radius 1 is 1.33 bits per heavy atom. The number of hydrogen-bond acceptors (Lipinski definition) is 8. The quantitative estimate of drug-likeness (QED) is 0.464. The number of aromatic amines is 2. The molecule has 0 spiro atoms. The summed E-state index contributed by atoms with van der Waals surface area (Å²) in [6.45, 7) is 5.97. The van der Waals surface area contributed by atoms with Crippen LogP contribution in [0, 0.1) is 0 Å². The molecule has 4 rings (SSSR count). The number of benzene rings is 1. The normalized spacial score (nSPS) is 16.6. The number of ether oxygens (including phenoxy) is 3. The fourth-order valence-electron chi connectivity index (χ4n) is 3.38. The predicted octanol–water partition coefficient (Wildman–Crippen LogP) is 2.24. The summed E-state index contributed by atoms with van der Waals surface area (Å²) >= 11 is 0. The van der Waals surface area contributed by atoms with Gasteiger partial charge in [-0.05, 0) is 20.8 Å². The summed E-state index contributed by atoms with van der Waals surface area (Å²) in [4.78, 5) is 34.2. The third-order valence-corrected chi connectivity index (χ3v) is 4.93. The molecule has 12 nitrogen and oxygen atoms in total. The SMILES string of the molecule is COc1cc2nc(-c3[nH]ncc3NC(=O)C3CN(C(=O)OC(C)(C)C)CCO3)[nH]c2cc1O. The van der Waals surface area contributed by atoms with Crippen molar-refractivity contribution >= 4 is 28.7 Å². The van der Waals surface area contributed by atoms with Crippen LogP contribution in [0.4, 0.5) is 10.5 Å². The minimum Gasteiger partial charge on any atom is -0.504 e.